The Hall–Kier alpha value is -7.84. The Morgan fingerprint density at radius 3 is 0.500 bits per heavy atom. The van der Waals surface area contributed by atoms with Gasteiger partial charge >= 0.3 is 612 Å². The zero-order valence-electron chi connectivity index (χ0n) is 50.7. The number of hydrogen-bond donors (Lipinski definition) is 2. The van der Waals surface area contributed by atoms with Gasteiger partial charge in [0.05, 0.1) is 0 Å². The summed E-state index contributed by atoms with van der Waals surface area (Å²) in [4.78, 5) is 43.9. The zero-order valence-corrected chi connectivity index (χ0v) is 64.4. The van der Waals surface area contributed by atoms with Crippen molar-refractivity contribution in [2.75, 3.05) is 0 Å². The van der Waals surface area contributed by atoms with Crippen molar-refractivity contribution in [3.05, 3.63) is 291 Å². The molecule has 2 aliphatic rings. The van der Waals surface area contributed by atoms with E-state index in [0.29, 0.717) is 45.9 Å². The summed E-state index contributed by atoms with van der Waals surface area (Å²) in [7, 11) is 0. The number of fused-ring (bicyclic) bond motifs is 20. The molecule has 8 bridgehead atoms. The minimum absolute atomic E-state index is 0.127. The molecule has 458 valence electrons. The van der Waals surface area contributed by atoms with Gasteiger partial charge in [-0.1, -0.05) is 0 Å². The number of hydrogen-bond acceptors (Lipinski definition) is 6. The molecule has 3 aromatic heterocycles. The van der Waals surface area contributed by atoms with E-state index in [1.165, 1.54) is 71.4 Å². The van der Waals surface area contributed by atoms with E-state index in [1.54, 1.807) is 0 Å². The van der Waals surface area contributed by atoms with Crippen LogP contribution in [0.3, 0.4) is 0 Å². The average molecular weight is 1760 g/mol. The number of H-pyrrole nitrogens is 2. The molecule has 0 unspecified atom stereocenters. The van der Waals surface area contributed by atoms with E-state index >= 15 is 0 Å². The van der Waals surface area contributed by atoms with Crippen molar-refractivity contribution in [2.24, 2.45) is 0 Å². The van der Waals surface area contributed by atoms with Gasteiger partial charge in [-0.3, -0.25) is 0 Å². The molecule has 8 nitrogen and oxygen atoms in total. The first-order valence-corrected chi connectivity index (χ1v) is 44.6. The van der Waals surface area contributed by atoms with Crippen molar-refractivity contribution in [1.82, 2.24) is 39.9 Å². The predicted molar refractivity (Wildman–Crippen MR) is 408 cm³/mol. The van der Waals surface area contributed by atoms with Crippen molar-refractivity contribution in [3.8, 4) is 45.6 Å². The Kier molecular flexibility index (Phi) is 18.0. The molecule has 96 heavy (non-hydrogen) atoms. The van der Waals surface area contributed by atoms with Gasteiger partial charge in [-0.05, 0) is 0 Å². The molecule has 0 spiro atoms. The molecule has 0 aliphatic carbocycles. The molecule has 2 aliphatic heterocycles. The summed E-state index contributed by atoms with van der Waals surface area (Å²) >= 11 is -1.04. The summed E-state index contributed by atoms with van der Waals surface area (Å²) in [6.07, 6.45) is 0. The topological polar surface area (TPSA) is 109 Å². The molecule has 15 aromatic rings. The first-order chi connectivity index (χ1) is 47.5. The SMILES string of the molecule is c1ccc([Se]c2ccc([Se]c3ccccc3)c3c2-c2nc-3nc3[nH]c(nc4nc(nc5[nH]c(n2)c2c([Se]c6ccccc6)ccc([Se]c6ccccc6)c52)-c2c([Se]c5ccccc5)ccc([Se]c5ccccc5)c2-4)c2c([Se]c4ccccc4)ccc([Se]c4ccccc4)c32)cc1. The van der Waals surface area contributed by atoms with Gasteiger partial charge in [0.1, 0.15) is 0 Å². The molecule has 0 saturated carbocycles. The summed E-state index contributed by atoms with van der Waals surface area (Å²) < 4.78 is 19.7. The maximum atomic E-state index is 6.03. The van der Waals surface area contributed by atoms with Crippen LogP contribution >= 0.6 is 0 Å². The van der Waals surface area contributed by atoms with E-state index < -0.39 is 0 Å². The fraction of sp³-hybridized carbons (Fsp3) is 0. The molecular weight excluding hydrogens is 1700 g/mol. The molecule has 12 aromatic carbocycles. The summed E-state index contributed by atoms with van der Waals surface area (Å²) in [5.74, 6) is 2.51. The zero-order chi connectivity index (χ0) is 63.7. The van der Waals surface area contributed by atoms with E-state index in [4.69, 9.17) is 29.9 Å². The molecule has 0 fully saturated rings. The standard InChI is InChI=1S/C80H50N8Se8/c1-9-25-49(26-10-1)89-57-41-42-58(90-50-27-11-2-12-28-50)66-65(57)73-81-74(66)86-76-69-61(93-53-33-17-5-18-34-53)45-46-62(94-54-35-19-6-20-36-54)70(69)78(83-76)88-80-72-64(96-56-39-23-8-24-40-56)48-47-63(95-55-37-21-7-22-38-55)71(72)79(84-80)87-77-68-60(92-52-31-15-4-16-32-52)44-43-59(67(68)75(82-77)85-73)91-51-29-13-3-14-30-51/h1-48H,(H2,81,82,83,84,85,86,87,88). The number of rotatable bonds is 16. The van der Waals surface area contributed by atoms with Crippen LogP contribution in [0.25, 0.3) is 89.7 Å². The van der Waals surface area contributed by atoms with Crippen LogP contribution in [0.4, 0.5) is 0 Å². The van der Waals surface area contributed by atoms with Gasteiger partial charge in [-0.25, -0.2) is 0 Å². The summed E-state index contributed by atoms with van der Waals surface area (Å²) in [5, 5.41) is 4.20. The van der Waals surface area contributed by atoms with Crippen LogP contribution in [0.1, 0.15) is 0 Å². The van der Waals surface area contributed by atoms with Crippen LogP contribution in [0, 0.1) is 0 Å². The Labute approximate surface area is 605 Å². The molecule has 0 saturated heterocycles. The number of nitrogens with one attached hydrogen (secondary N) is 2. The second-order valence-corrected chi connectivity index (χ2v) is 40.9. The number of nitrogens with zero attached hydrogens (tertiary/aromatic N) is 6. The van der Waals surface area contributed by atoms with Gasteiger partial charge in [0.2, 0.25) is 0 Å². The molecule has 0 amide bonds. The van der Waals surface area contributed by atoms with Gasteiger partial charge in [-0.15, -0.1) is 0 Å². The third-order valence-electron chi connectivity index (χ3n) is 15.9. The van der Waals surface area contributed by atoms with Gasteiger partial charge in [0.15, 0.2) is 0 Å². The Morgan fingerprint density at radius 1 is 0.167 bits per heavy atom. The van der Waals surface area contributed by atoms with Crippen molar-refractivity contribution >= 4 is 235 Å². The Bertz CT molecular complexity index is 4900. The number of aromatic amines is 2. The van der Waals surface area contributed by atoms with Crippen molar-refractivity contribution in [2.45, 2.75) is 0 Å². The first kappa shape index (κ1) is 61.7. The van der Waals surface area contributed by atoms with E-state index in [-0.39, 0.29) is 120 Å². The molecule has 17 rings (SSSR count). The summed E-state index contributed by atoms with van der Waals surface area (Å²) in [6.45, 7) is 0. The van der Waals surface area contributed by atoms with Crippen LogP contribution < -0.4 is 71.4 Å². The molecule has 2 N–H and O–H groups in total. The van der Waals surface area contributed by atoms with Gasteiger partial charge in [-0.2, -0.15) is 0 Å². The minimum atomic E-state index is -0.133. The van der Waals surface area contributed by atoms with E-state index in [2.05, 4.69) is 301 Å². The van der Waals surface area contributed by atoms with Gasteiger partial charge < -0.3 is 0 Å². The molecule has 0 radical (unpaired) electrons. The van der Waals surface area contributed by atoms with Crippen LogP contribution in [0.15, 0.2) is 291 Å². The quantitative estimate of drug-likeness (QED) is 0.141. The number of benzene rings is 12. The second-order valence-electron chi connectivity index (χ2n) is 22.2. The van der Waals surface area contributed by atoms with Crippen molar-refractivity contribution in [3.63, 3.8) is 0 Å². The molecule has 5 heterocycles. The van der Waals surface area contributed by atoms with Gasteiger partial charge in [0.25, 0.3) is 0 Å². The van der Waals surface area contributed by atoms with Crippen molar-refractivity contribution < 1.29 is 0 Å². The summed E-state index contributed by atoms with van der Waals surface area (Å²) in [6, 6.07) is 106. The molecule has 0 atom stereocenters. The Balaban J connectivity index is 1.06. The fourth-order valence-corrected chi connectivity index (χ4v) is 28.1. The van der Waals surface area contributed by atoms with E-state index in [1.807, 2.05) is 0 Å². The van der Waals surface area contributed by atoms with E-state index in [9.17, 15) is 0 Å². The van der Waals surface area contributed by atoms with Crippen LogP contribution in [0.2, 0.25) is 0 Å². The third-order valence-corrected chi connectivity index (χ3v) is 33.8. The predicted octanol–water partition coefficient (Wildman–Crippen LogP) is 4.11. The van der Waals surface area contributed by atoms with E-state index in [0.717, 1.165) is 43.8 Å². The van der Waals surface area contributed by atoms with Gasteiger partial charge in [0, 0.05) is 0 Å². The average Bonchev–Trinajstić information content (AvgIpc) is 1.58. The monoisotopic (exact) mass is 1760 g/mol. The second kappa shape index (κ2) is 27.9. The van der Waals surface area contributed by atoms with Crippen molar-refractivity contribution in [1.29, 1.82) is 0 Å². The number of aromatic nitrogens is 8. The molecule has 16 heteroatoms. The van der Waals surface area contributed by atoms with Crippen LogP contribution in [-0.4, -0.2) is 160 Å². The van der Waals surface area contributed by atoms with Crippen LogP contribution in [0.5, 0.6) is 0 Å². The summed E-state index contributed by atoms with van der Waals surface area (Å²) in [5.41, 5.74) is 6.95. The molecular formula is C80H50N8Se8. The fourth-order valence-electron chi connectivity index (χ4n) is 11.7. The third kappa shape index (κ3) is 12.9. The normalized spacial score (nSPS) is 11.7. The van der Waals surface area contributed by atoms with Crippen LogP contribution in [-0.2, 0) is 0 Å². The first-order valence-electron chi connectivity index (χ1n) is 30.9. The Morgan fingerprint density at radius 2 is 0.323 bits per heavy atom. The maximum absolute atomic E-state index is 6.03.